The molecule has 1 fully saturated rings. The largest absolute Gasteiger partial charge is 0.389 e. The Morgan fingerprint density at radius 3 is 2.52 bits per heavy atom. The predicted molar refractivity (Wildman–Crippen MR) is 93.8 cm³/mol. The molecule has 0 amide bonds. The number of hydrogen-bond acceptors (Lipinski definition) is 2. The summed E-state index contributed by atoms with van der Waals surface area (Å²) in [4.78, 5) is 2.49. The Morgan fingerprint density at radius 1 is 1.24 bits per heavy atom. The fraction of sp³-hybridized carbons (Fsp3) is 0.667. The van der Waals surface area contributed by atoms with Crippen LogP contribution in [0.25, 0.3) is 0 Å². The zero-order chi connectivity index (χ0) is 15.6. The summed E-state index contributed by atoms with van der Waals surface area (Å²) in [6, 6.07) is 6.33. The van der Waals surface area contributed by atoms with E-state index in [1.54, 1.807) is 6.92 Å². The highest BCUT2D eigenvalue weighted by Crippen LogP contribution is 2.36. The molecule has 0 spiro atoms. The molecule has 1 saturated heterocycles. The fourth-order valence-corrected chi connectivity index (χ4v) is 3.97. The molecular formula is C18H28BrNO. The van der Waals surface area contributed by atoms with Crippen molar-refractivity contribution in [1.82, 2.24) is 0 Å². The van der Waals surface area contributed by atoms with Gasteiger partial charge in [0, 0.05) is 23.2 Å². The van der Waals surface area contributed by atoms with Gasteiger partial charge < -0.3 is 10.0 Å². The molecule has 0 saturated carbocycles. The van der Waals surface area contributed by atoms with Gasteiger partial charge in [0.15, 0.2) is 0 Å². The summed E-state index contributed by atoms with van der Waals surface area (Å²) in [5.41, 5.74) is 2.63. The van der Waals surface area contributed by atoms with Gasteiger partial charge in [0.05, 0.1) is 6.10 Å². The molecule has 1 heterocycles. The van der Waals surface area contributed by atoms with Crippen molar-refractivity contribution < 1.29 is 5.11 Å². The summed E-state index contributed by atoms with van der Waals surface area (Å²) in [6.07, 6.45) is 3.42. The lowest BCUT2D eigenvalue weighted by molar-refractivity contribution is 0.198. The first-order chi connectivity index (χ1) is 9.79. The standard InChI is InChI=1S/C18H28BrNO/c1-13(21)16-8-7-15(12-17(16)19)20-10-5-6-14(9-11-20)18(2,3)4/h7-8,12-14,21H,5-6,9-11H2,1-4H3/t13-,14?/m1/s1. The zero-order valence-electron chi connectivity index (χ0n) is 13.7. The van der Waals surface area contributed by atoms with Crippen molar-refractivity contribution in [2.75, 3.05) is 18.0 Å². The first kappa shape index (κ1) is 16.8. The Bertz CT molecular complexity index is 479. The van der Waals surface area contributed by atoms with Gasteiger partial charge in [-0.15, -0.1) is 0 Å². The van der Waals surface area contributed by atoms with E-state index in [0.29, 0.717) is 5.41 Å². The third-order valence-corrected chi connectivity index (χ3v) is 5.44. The topological polar surface area (TPSA) is 23.5 Å². The van der Waals surface area contributed by atoms with Crippen LogP contribution in [0.5, 0.6) is 0 Å². The van der Waals surface area contributed by atoms with Crippen LogP contribution in [0, 0.1) is 11.3 Å². The molecule has 1 aromatic carbocycles. The van der Waals surface area contributed by atoms with E-state index in [1.165, 1.54) is 24.9 Å². The molecule has 2 atom stereocenters. The molecule has 1 aliphatic rings. The second-order valence-electron chi connectivity index (χ2n) is 7.36. The lowest BCUT2D eigenvalue weighted by Gasteiger charge is -2.30. The van der Waals surface area contributed by atoms with Gasteiger partial charge in [0.1, 0.15) is 0 Å². The molecule has 1 N–H and O–H groups in total. The van der Waals surface area contributed by atoms with Crippen molar-refractivity contribution in [3.63, 3.8) is 0 Å². The van der Waals surface area contributed by atoms with Gasteiger partial charge >= 0.3 is 0 Å². The molecule has 2 nitrogen and oxygen atoms in total. The van der Waals surface area contributed by atoms with Crippen LogP contribution < -0.4 is 4.90 Å². The van der Waals surface area contributed by atoms with Crippen molar-refractivity contribution in [1.29, 1.82) is 0 Å². The molecule has 1 aromatic rings. The summed E-state index contributed by atoms with van der Waals surface area (Å²) in [7, 11) is 0. The van der Waals surface area contributed by atoms with E-state index in [0.717, 1.165) is 29.0 Å². The van der Waals surface area contributed by atoms with Crippen LogP contribution >= 0.6 is 15.9 Å². The Balaban J connectivity index is 2.11. The van der Waals surface area contributed by atoms with E-state index in [2.05, 4.69) is 53.7 Å². The van der Waals surface area contributed by atoms with Crippen LogP contribution in [0.1, 0.15) is 58.6 Å². The van der Waals surface area contributed by atoms with E-state index < -0.39 is 6.10 Å². The maximum atomic E-state index is 9.73. The SMILES string of the molecule is C[C@@H](O)c1ccc(N2CCCC(C(C)(C)C)CC2)cc1Br. The second-order valence-corrected chi connectivity index (χ2v) is 8.22. The first-order valence-electron chi connectivity index (χ1n) is 8.01. The van der Waals surface area contributed by atoms with E-state index in [-0.39, 0.29) is 0 Å². The Hall–Kier alpha value is -0.540. The van der Waals surface area contributed by atoms with Crippen LogP contribution in [-0.4, -0.2) is 18.2 Å². The number of halogens is 1. The monoisotopic (exact) mass is 353 g/mol. The van der Waals surface area contributed by atoms with Crippen LogP contribution in [0.15, 0.2) is 22.7 Å². The maximum absolute atomic E-state index is 9.73. The van der Waals surface area contributed by atoms with Gasteiger partial charge in [-0.2, -0.15) is 0 Å². The van der Waals surface area contributed by atoms with Crippen LogP contribution in [0.4, 0.5) is 5.69 Å². The van der Waals surface area contributed by atoms with Crippen molar-refractivity contribution >= 4 is 21.6 Å². The molecule has 1 aliphatic heterocycles. The third kappa shape index (κ3) is 4.23. The van der Waals surface area contributed by atoms with Gasteiger partial charge in [-0.25, -0.2) is 0 Å². The Morgan fingerprint density at radius 2 is 1.95 bits per heavy atom. The molecule has 2 rings (SSSR count). The second kappa shape index (κ2) is 6.70. The quantitative estimate of drug-likeness (QED) is 0.793. The van der Waals surface area contributed by atoms with Gasteiger partial charge in [-0.3, -0.25) is 0 Å². The number of nitrogens with zero attached hydrogens (tertiary/aromatic N) is 1. The highest BCUT2D eigenvalue weighted by Gasteiger charge is 2.27. The molecule has 0 radical (unpaired) electrons. The number of rotatable bonds is 2. The van der Waals surface area contributed by atoms with E-state index >= 15 is 0 Å². The minimum Gasteiger partial charge on any atom is -0.389 e. The highest BCUT2D eigenvalue weighted by atomic mass is 79.9. The minimum absolute atomic E-state index is 0.409. The summed E-state index contributed by atoms with van der Waals surface area (Å²) in [5.74, 6) is 0.808. The maximum Gasteiger partial charge on any atom is 0.0772 e. The molecular weight excluding hydrogens is 326 g/mol. The number of hydrogen-bond donors (Lipinski definition) is 1. The van der Waals surface area contributed by atoms with Crippen LogP contribution in [-0.2, 0) is 0 Å². The van der Waals surface area contributed by atoms with E-state index in [4.69, 9.17) is 0 Å². The highest BCUT2D eigenvalue weighted by molar-refractivity contribution is 9.10. The summed E-state index contributed by atoms with van der Waals surface area (Å²) >= 11 is 3.59. The lowest BCUT2D eigenvalue weighted by Crippen LogP contribution is -2.26. The van der Waals surface area contributed by atoms with Crippen molar-refractivity contribution in [3.8, 4) is 0 Å². The van der Waals surface area contributed by atoms with Gasteiger partial charge in [-0.1, -0.05) is 42.8 Å². The zero-order valence-corrected chi connectivity index (χ0v) is 15.3. The number of benzene rings is 1. The molecule has 3 heteroatoms. The van der Waals surface area contributed by atoms with E-state index in [1.807, 2.05) is 6.07 Å². The van der Waals surface area contributed by atoms with E-state index in [9.17, 15) is 5.11 Å². The van der Waals surface area contributed by atoms with Gasteiger partial charge in [0.2, 0.25) is 0 Å². The average molecular weight is 354 g/mol. The summed E-state index contributed by atoms with van der Waals surface area (Å²) in [5, 5.41) is 9.73. The smallest absolute Gasteiger partial charge is 0.0772 e. The molecule has 0 aromatic heterocycles. The Labute approximate surface area is 137 Å². The van der Waals surface area contributed by atoms with Crippen molar-refractivity contribution in [2.45, 2.75) is 53.1 Å². The third-order valence-electron chi connectivity index (χ3n) is 4.75. The van der Waals surface area contributed by atoms with Crippen LogP contribution in [0.3, 0.4) is 0 Å². The lowest BCUT2D eigenvalue weighted by atomic mass is 9.77. The number of anilines is 1. The summed E-state index contributed by atoms with van der Waals surface area (Å²) < 4.78 is 1.01. The molecule has 1 unspecified atom stereocenters. The van der Waals surface area contributed by atoms with Gasteiger partial charge in [0.25, 0.3) is 0 Å². The molecule has 21 heavy (non-hydrogen) atoms. The fourth-order valence-electron chi connectivity index (χ4n) is 3.27. The number of aliphatic hydroxyl groups is 1. The predicted octanol–water partition coefficient (Wildman–Crippen LogP) is 5.16. The molecule has 118 valence electrons. The normalized spacial score (nSPS) is 22.0. The summed E-state index contributed by atoms with van der Waals surface area (Å²) in [6.45, 7) is 11.2. The minimum atomic E-state index is -0.428. The van der Waals surface area contributed by atoms with Crippen molar-refractivity contribution in [2.24, 2.45) is 11.3 Å². The molecule has 0 aliphatic carbocycles. The van der Waals surface area contributed by atoms with Crippen LogP contribution in [0.2, 0.25) is 0 Å². The molecule has 0 bridgehead atoms. The first-order valence-corrected chi connectivity index (χ1v) is 8.81. The Kier molecular flexibility index (Phi) is 5.37. The average Bonchev–Trinajstić information content (AvgIpc) is 2.63. The number of aliphatic hydroxyl groups excluding tert-OH is 1. The van der Waals surface area contributed by atoms with Gasteiger partial charge in [-0.05, 0) is 55.2 Å². The van der Waals surface area contributed by atoms with Crippen molar-refractivity contribution in [3.05, 3.63) is 28.2 Å².